The van der Waals surface area contributed by atoms with Crippen LogP contribution in [0.3, 0.4) is 0 Å². The summed E-state index contributed by atoms with van der Waals surface area (Å²) in [5, 5.41) is 0. The average Bonchev–Trinajstić information content (AvgIpc) is 3.16. The minimum Gasteiger partial charge on any atom is -0.357 e. The highest BCUT2D eigenvalue weighted by molar-refractivity contribution is 7.89. The molecule has 0 N–H and O–H groups in total. The molecule has 7 heteroatoms. The van der Waals surface area contributed by atoms with Crippen LogP contribution in [0.2, 0.25) is 0 Å². The van der Waals surface area contributed by atoms with Crippen LogP contribution in [0.5, 0.6) is 0 Å². The Morgan fingerprint density at radius 2 is 1.75 bits per heavy atom. The Labute approximate surface area is 145 Å². The summed E-state index contributed by atoms with van der Waals surface area (Å²) in [6.07, 6.45) is 4.99. The van der Waals surface area contributed by atoms with E-state index < -0.39 is 10.0 Å². The third-order valence-electron chi connectivity index (χ3n) is 5.15. The van der Waals surface area contributed by atoms with E-state index in [0.29, 0.717) is 13.1 Å². The van der Waals surface area contributed by atoms with E-state index in [4.69, 9.17) is 9.97 Å². The Kier molecular flexibility index (Phi) is 5.39. The van der Waals surface area contributed by atoms with E-state index in [-0.39, 0.29) is 11.7 Å². The fraction of sp³-hybridized carbons (Fsp3) is 0.765. The van der Waals surface area contributed by atoms with Crippen LogP contribution < -0.4 is 4.90 Å². The summed E-state index contributed by atoms with van der Waals surface area (Å²) < 4.78 is 25.6. The Balaban J connectivity index is 1.76. The molecule has 0 spiro atoms. The van der Waals surface area contributed by atoms with Gasteiger partial charge in [-0.3, -0.25) is 0 Å². The summed E-state index contributed by atoms with van der Waals surface area (Å²) in [6, 6.07) is 2.12. The van der Waals surface area contributed by atoms with Gasteiger partial charge in [0.05, 0.1) is 5.75 Å². The van der Waals surface area contributed by atoms with Crippen LogP contribution in [-0.4, -0.2) is 54.6 Å². The van der Waals surface area contributed by atoms with Crippen molar-refractivity contribution in [3.05, 3.63) is 17.6 Å². The summed E-state index contributed by atoms with van der Waals surface area (Å²) in [5.41, 5.74) is 1.09. The van der Waals surface area contributed by atoms with E-state index in [1.807, 2.05) is 0 Å². The first-order valence-electron chi connectivity index (χ1n) is 9.14. The van der Waals surface area contributed by atoms with E-state index in [9.17, 15) is 8.42 Å². The largest absolute Gasteiger partial charge is 0.357 e. The van der Waals surface area contributed by atoms with Crippen LogP contribution in [0.4, 0.5) is 5.82 Å². The second kappa shape index (κ2) is 7.35. The Morgan fingerprint density at radius 1 is 1.08 bits per heavy atom. The Hall–Kier alpha value is -1.21. The van der Waals surface area contributed by atoms with Crippen LogP contribution in [0, 0.1) is 0 Å². The molecule has 0 atom stereocenters. The SMILES string of the molecule is CCc1cc(N2CCCC2)nc(C2CCN(S(=O)(=O)CC)CC2)n1. The maximum Gasteiger partial charge on any atom is 0.213 e. The highest BCUT2D eigenvalue weighted by atomic mass is 32.2. The molecular weight excluding hydrogens is 324 g/mol. The van der Waals surface area contributed by atoms with E-state index >= 15 is 0 Å². The van der Waals surface area contributed by atoms with Gasteiger partial charge in [-0.05, 0) is 39.0 Å². The molecule has 2 fully saturated rings. The normalized spacial score (nSPS) is 20.7. The lowest BCUT2D eigenvalue weighted by atomic mass is 9.97. The zero-order valence-corrected chi connectivity index (χ0v) is 15.6. The molecule has 1 aromatic heterocycles. The Morgan fingerprint density at radius 3 is 2.33 bits per heavy atom. The minimum atomic E-state index is -3.08. The van der Waals surface area contributed by atoms with Gasteiger partial charge >= 0.3 is 0 Å². The molecule has 0 unspecified atom stereocenters. The van der Waals surface area contributed by atoms with Crippen molar-refractivity contribution in [3.63, 3.8) is 0 Å². The van der Waals surface area contributed by atoms with Crippen molar-refractivity contribution in [2.75, 3.05) is 36.8 Å². The monoisotopic (exact) mass is 352 g/mol. The molecule has 2 aliphatic rings. The quantitative estimate of drug-likeness (QED) is 0.812. The predicted octanol–water partition coefficient (Wildman–Crippen LogP) is 2.17. The van der Waals surface area contributed by atoms with Crippen molar-refractivity contribution < 1.29 is 8.42 Å². The predicted molar refractivity (Wildman–Crippen MR) is 95.9 cm³/mol. The number of piperidine rings is 1. The molecule has 3 heterocycles. The molecular formula is C17H28N4O2S. The van der Waals surface area contributed by atoms with Gasteiger partial charge in [0.25, 0.3) is 0 Å². The third-order valence-corrected chi connectivity index (χ3v) is 7.03. The average molecular weight is 353 g/mol. The van der Waals surface area contributed by atoms with E-state index in [2.05, 4.69) is 17.9 Å². The number of rotatable bonds is 5. The van der Waals surface area contributed by atoms with Crippen molar-refractivity contribution in [2.45, 2.75) is 51.9 Å². The molecule has 0 aliphatic carbocycles. The molecule has 24 heavy (non-hydrogen) atoms. The first-order valence-corrected chi connectivity index (χ1v) is 10.7. The van der Waals surface area contributed by atoms with Crippen molar-refractivity contribution in [2.24, 2.45) is 0 Å². The zero-order valence-electron chi connectivity index (χ0n) is 14.7. The molecule has 0 bridgehead atoms. The van der Waals surface area contributed by atoms with Crippen molar-refractivity contribution in [1.29, 1.82) is 0 Å². The van der Waals surface area contributed by atoms with Gasteiger partial charge < -0.3 is 4.90 Å². The molecule has 2 aliphatic heterocycles. The lowest BCUT2D eigenvalue weighted by molar-refractivity contribution is 0.313. The molecule has 3 rings (SSSR count). The number of hydrogen-bond donors (Lipinski definition) is 0. The van der Waals surface area contributed by atoms with Gasteiger partial charge in [0.1, 0.15) is 11.6 Å². The fourth-order valence-corrected chi connectivity index (χ4v) is 4.68. The summed E-state index contributed by atoms with van der Waals surface area (Å²) >= 11 is 0. The highest BCUT2D eigenvalue weighted by Gasteiger charge is 2.29. The summed E-state index contributed by atoms with van der Waals surface area (Å²) in [6.45, 7) is 7.15. The number of aromatic nitrogens is 2. The zero-order chi connectivity index (χ0) is 17.2. The van der Waals surface area contributed by atoms with Gasteiger partial charge in [-0.2, -0.15) is 0 Å². The third kappa shape index (κ3) is 3.72. The maximum atomic E-state index is 12.0. The van der Waals surface area contributed by atoms with Gasteiger partial charge in [0.15, 0.2) is 0 Å². The molecule has 1 aromatic rings. The molecule has 0 radical (unpaired) electrons. The maximum absolute atomic E-state index is 12.0. The van der Waals surface area contributed by atoms with Crippen molar-refractivity contribution >= 4 is 15.8 Å². The van der Waals surface area contributed by atoms with Crippen LogP contribution in [-0.2, 0) is 16.4 Å². The summed E-state index contributed by atoms with van der Waals surface area (Å²) in [7, 11) is -3.08. The lowest BCUT2D eigenvalue weighted by Gasteiger charge is -2.30. The van der Waals surface area contributed by atoms with E-state index in [1.165, 1.54) is 12.8 Å². The molecule has 134 valence electrons. The van der Waals surface area contributed by atoms with Crippen molar-refractivity contribution in [1.82, 2.24) is 14.3 Å². The van der Waals surface area contributed by atoms with Gasteiger partial charge in [-0.25, -0.2) is 22.7 Å². The smallest absolute Gasteiger partial charge is 0.213 e. The number of aryl methyl sites for hydroxylation is 1. The van der Waals surface area contributed by atoms with Crippen LogP contribution in [0.25, 0.3) is 0 Å². The number of sulfonamides is 1. The first kappa shape index (κ1) is 17.6. The van der Waals surface area contributed by atoms with Gasteiger partial charge in [-0.1, -0.05) is 6.92 Å². The lowest BCUT2D eigenvalue weighted by Crippen LogP contribution is -2.39. The van der Waals surface area contributed by atoms with Crippen LogP contribution in [0.1, 0.15) is 57.0 Å². The van der Waals surface area contributed by atoms with E-state index in [0.717, 1.165) is 49.7 Å². The van der Waals surface area contributed by atoms with Gasteiger partial charge in [0.2, 0.25) is 10.0 Å². The molecule has 6 nitrogen and oxygen atoms in total. The van der Waals surface area contributed by atoms with E-state index in [1.54, 1.807) is 11.2 Å². The number of anilines is 1. The topological polar surface area (TPSA) is 66.4 Å². The number of hydrogen-bond acceptors (Lipinski definition) is 5. The van der Waals surface area contributed by atoms with Crippen LogP contribution >= 0.6 is 0 Å². The molecule has 0 aromatic carbocycles. The number of nitrogens with zero attached hydrogens (tertiary/aromatic N) is 4. The highest BCUT2D eigenvalue weighted by Crippen LogP contribution is 2.29. The van der Waals surface area contributed by atoms with Crippen molar-refractivity contribution in [3.8, 4) is 0 Å². The van der Waals surface area contributed by atoms with Crippen LogP contribution in [0.15, 0.2) is 6.07 Å². The summed E-state index contributed by atoms with van der Waals surface area (Å²) in [4.78, 5) is 11.9. The molecule has 2 saturated heterocycles. The second-order valence-corrected chi connectivity index (χ2v) is 8.95. The fourth-order valence-electron chi connectivity index (χ4n) is 3.55. The molecule has 0 saturated carbocycles. The summed E-state index contributed by atoms with van der Waals surface area (Å²) in [5.74, 6) is 2.41. The standard InChI is InChI=1S/C17H28N4O2S/c1-3-15-13-16(20-9-5-6-10-20)19-17(18-15)14-7-11-21(12-8-14)24(22,23)4-2/h13-14H,3-12H2,1-2H3. The minimum absolute atomic E-state index is 0.179. The Bertz CT molecular complexity index is 663. The van der Waals surface area contributed by atoms with Gasteiger partial charge in [-0.15, -0.1) is 0 Å². The molecule has 0 amide bonds. The van der Waals surface area contributed by atoms with Gasteiger partial charge in [0, 0.05) is 43.9 Å². The first-order chi connectivity index (χ1) is 11.5. The second-order valence-electron chi connectivity index (χ2n) is 6.70.